The van der Waals surface area contributed by atoms with Crippen LogP contribution in [-0.4, -0.2) is 25.0 Å². The number of benzene rings is 1. The average Bonchev–Trinajstić information content (AvgIpc) is 2.66. The number of carbonyl (C=O) groups is 2. The van der Waals surface area contributed by atoms with E-state index >= 15 is 0 Å². The first-order valence-corrected chi connectivity index (χ1v) is 8.75. The molecular formula is C21H26O4. The number of esters is 1. The number of methoxy groups -OCH3 is 1. The van der Waals surface area contributed by atoms with Crippen LogP contribution in [-0.2, 0) is 25.7 Å². The molecule has 0 heterocycles. The Bertz CT molecular complexity index is 631. The van der Waals surface area contributed by atoms with E-state index < -0.39 is 11.8 Å². The third-order valence-corrected chi connectivity index (χ3v) is 4.46. The van der Waals surface area contributed by atoms with Gasteiger partial charge in [0.05, 0.1) is 6.10 Å². The molecule has 0 amide bonds. The maximum absolute atomic E-state index is 11.9. The lowest BCUT2D eigenvalue weighted by Gasteiger charge is -2.19. The van der Waals surface area contributed by atoms with Crippen LogP contribution in [0.25, 0.3) is 0 Å². The molecule has 134 valence electrons. The van der Waals surface area contributed by atoms with Crippen LogP contribution in [0.4, 0.5) is 0 Å². The minimum Gasteiger partial charge on any atom is -0.455 e. The maximum Gasteiger partial charge on any atom is 0.374 e. The van der Waals surface area contributed by atoms with Crippen LogP contribution < -0.4 is 0 Å². The minimum atomic E-state index is -0.737. The lowest BCUT2D eigenvalue weighted by atomic mass is 9.90. The van der Waals surface area contributed by atoms with Gasteiger partial charge in [-0.25, -0.2) is 4.79 Å². The normalized spacial score (nSPS) is 17.7. The van der Waals surface area contributed by atoms with Gasteiger partial charge >= 0.3 is 5.97 Å². The molecule has 4 heteroatoms. The molecule has 25 heavy (non-hydrogen) atoms. The highest BCUT2D eigenvalue weighted by Gasteiger charge is 2.17. The number of ketones is 1. The SMILES string of the molecule is COC(C)C1=CCC(CCCC(=O)C(=O)OCc2ccccc2)C=C1. The van der Waals surface area contributed by atoms with E-state index in [0.29, 0.717) is 12.3 Å². The first-order chi connectivity index (χ1) is 12.1. The Balaban J connectivity index is 1.65. The Morgan fingerprint density at radius 2 is 2.00 bits per heavy atom. The molecule has 1 aromatic rings. The first kappa shape index (κ1) is 19.1. The van der Waals surface area contributed by atoms with E-state index in [-0.39, 0.29) is 19.1 Å². The van der Waals surface area contributed by atoms with Gasteiger partial charge in [0.1, 0.15) is 6.61 Å². The number of rotatable bonds is 9. The van der Waals surface area contributed by atoms with E-state index in [9.17, 15) is 9.59 Å². The highest BCUT2D eigenvalue weighted by atomic mass is 16.5. The van der Waals surface area contributed by atoms with Crippen molar-refractivity contribution in [1.29, 1.82) is 0 Å². The summed E-state index contributed by atoms with van der Waals surface area (Å²) in [5.74, 6) is -0.764. The van der Waals surface area contributed by atoms with Crippen LogP contribution in [0.3, 0.4) is 0 Å². The van der Waals surface area contributed by atoms with E-state index in [2.05, 4.69) is 18.2 Å². The van der Waals surface area contributed by atoms with E-state index in [0.717, 1.165) is 18.4 Å². The smallest absolute Gasteiger partial charge is 0.374 e. The second kappa shape index (κ2) is 9.94. The zero-order chi connectivity index (χ0) is 18.1. The van der Waals surface area contributed by atoms with Crippen molar-refractivity contribution in [3.05, 3.63) is 59.7 Å². The van der Waals surface area contributed by atoms with Crippen molar-refractivity contribution in [2.24, 2.45) is 5.92 Å². The Hall–Kier alpha value is -2.20. The number of allylic oxidation sites excluding steroid dienone is 2. The molecule has 4 nitrogen and oxygen atoms in total. The number of hydrogen-bond donors (Lipinski definition) is 0. The van der Waals surface area contributed by atoms with Crippen molar-refractivity contribution in [2.75, 3.05) is 7.11 Å². The Morgan fingerprint density at radius 1 is 1.24 bits per heavy atom. The second-order valence-electron chi connectivity index (χ2n) is 6.31. The van der Waals surface area contributed by atoms with Crippen molar-refractivity contribution in [3.63, 3.8) is 0 Å². The summed E-state index contributed by atoms with van der Waals surface area (Å²) in [6.07, 6.45) is 9.33. The van der Waals surface area contributed by atoms with Gasteiger partial charge in [-0.2, -0.15) is 0 Å². The standard InChI is InChI=1S/C21H26O4/c1-16(24-2)19-13-11-17(12-14-19)9-6-10-20(22)21(23)25-15-18-7-4-3-5-8-18/h3-5,7-8,11,13-14,16-17H,6,9-10,12,15H2,1-2H3. The zero-order valence-electron chi connectivity index (χ0n) is 14.9. The van der Waals surface area contributed by atoms with Crippen molar-refractivity contribution in [2.45, 2.75) is 45.3 Å². The molecule has 0 fully saturated rings. The molecule has 0 spiro atoms. The lowest BCUT2D eigenvalue weighted by Crippen LogP contribution is -2.17. The summed E-state index contributed by atoms with van der Waals surface area (Å²) < 4.78 is 10.4. The molecule has 1 aliphatic rings. The number of carbonyl (C=O) groups excluding carboxylic acids is 2. The summed E-state index contributed by atoms with van der Waals surface area (Å²) in [4.78, 5) is 23.6. The van der Waals surface area contributed by atoms with E-state index in [4.69, 9.17) is 9.47 Å². The van der Waals surface area contributed by atoms with Gasteiger partial charge in [0.15, 0.2) is 0 Å². The highest BCUT2D eigenvalue weighted by Crippen LogP contribution is 2.23. The van der Waals surface area contributed by atoms with E-state index in [1.54, 1.807) is 7.11 Å². The van der Waals surface area contributed by atoms with Gasteiger partial charge in [0, 0.05) is 13.5 Å². The molecular weight excluding hydrogens is 316 g/mol. The molecule has 0 radical (unpaired) electrons. The summed E-state index contributed by atoms with van der Waals surface area (Å²) in [5, 5.41) is 0. The third kappa shape index (κ3) is 6.31. The first-order valence-electron chi connectivity index (χ1n) is 8.75. The van der Waals surface area contributed by atoms with Crippen LogP contribution in [0.2, 0.25) is 0 Å². The number of hydrogen-bond acceptors (Lipinski definition) is 4. The Morgan fingerprint density at radius 3 is 2.64 bits per heavy atom. The van der Waals surface area contributed by atoms with Crippen molar-refractivity contribution < 1.29 is 19.1 Å². The summed E-state index contributed by atoms with van der Waals surface area (Å²) in [6.45, 7) is 2.16. The molecule has 1 aliphatic carbocycles. The molecule has 0 bridgehead atoms. The molecule has 1 aromatic carbocycles. The topological polar surface area (TPSA) is 52.6 Å². The van der Waals surface area contributed by atoms with Crippen molar-refractivity contribution in [1.82, 2.24) is 0 Å². The summed E-state index contributed by atoms with van der Waals surface area (Å²) in [5.41, 5.74) is 2.07. The molecule has 2 rings (SSSR count). The predicted molar refractivity (Wildman–Crippen MR) is 96.9 cm³/mol. The van der Waals surface area contributed by atoms with Crippen LogP contribution in [0.5, 0.6) is 0 Å². The largest absolute Gasteiger partial charge is 0.455 e. The predicted octanol–water partition coefficient (Wildman–Crippen LogP) is 4.01. The summed E-state index contributed by atoms with van der Waals surface area (Å²) >= 11 is 0. The number of ether oxygens (including phenoxy) is 2. The summed E-state index contributed by atoms with van der Waals surface area (Å²) in [7, 11) is 1.70. The van der Waals surface area contributed by atoms with E-state index in [1.807, 2.05) is 37.3 Å². The molecule has 0 N–H and O–H groups in total. The Labute approximate surface area is 149 Å². The fourth-order valence-corrected chi connectivity index (χ4v) is 2.76. The van der Waals surface area contributed by atoms with Crippen molar-refractivity contribution >= 4 is 11.8 Å². The van der Waals surface area contributed by atoms with Gasteiger partial charge in [-0.15, -0.1) is 0 Å². The molecule has 0 saturated carbocycles. The van der Waals surface area contributed by atoms with Crippen LogP contribution in [0, 0.1) is 5.92 Å². The third-order valence-electron chi connectivity index (χ3n) is 4.46. The zero-order valence-corrected chi connectivity index (χ0v) is 14.9. The quantitative estimate of drug-likeness (QED) is 0.503. The fourth-order valence-electron chi connectivity index (χ4n) is 2.76. The van der Waals surface area contributed by atoms with Crippen molar-refractivity contribution in [3.8, 4) is 0 Å². The van der Waals surface area contributed by atoms with Gasteiger partial charge in [-0.05, 0) is 43.2 Å². The fraction of sp³-hybridized carbons (Fsp3) is 0.429. The molecule has 0 aliphatic heterocycles. The number of Topliss-reactive ketones (excluding diaryl/α,β-unsaturated/α-hetero) is 1. The summed E-state index contributed by atoms with van der Waals surface area (Å²) in [6, 6.07) is 9.36. The maximum atomic E-state index is 11.9. The minimum absolute atomic E-state index is 0.109. The van der Waals surface area contributed by atoms with Gasteiger partial charge in [0.2, 0.25) is 5.78 Å². The van der Waals surface area contributed by atoms with Crippen LogP contribution in [0.1, 0.15) is 38.2 Å². The molecule has 0 aromatic heterocycles. The lowest BCUT2D eigenvalue weighted by molar-refractivity contribution is -0.154. The highest BCUT2D eigenvalue weighted by molar-refractivity contribution is 6.33. The molecule has 2 atom stereocenters. The average molecular weight is 342 g/mol. The van der Waals surface area contributed by atoms with Crippen LogP contribution in [0.15, 0.2) is 54.1 Å². The Kier molecular flexibility index (Phi) is 7.61. The monoisotopic (exact) mass is 342 g/mol. The molecule has 0 saturated heterocycles. The van der Waals surface area contributed by atoms with Crippen LogP contribution >= 0.6 is 0 Å². The van der Waals surface area contributed by atoms with Gasteiger partial charge in [-0.3, -0.25) is 4.79 Å². The van der Waals surface area contributed by atoms with Gasteiger partial charge < -0.3 is 9.47 Å². The second-order valence-corrected chi connectivity index (χ2v) is 6.31. The van der Waals surface area contributed by atoms with Gasteiger partial charge in [0.25, 0.3) is 0 Å². The van der Waals surface area contributed by atoms with E-state index in [1.165, 1.54) is 5.57 Å². The van der Waals surface area contributed by atoms with Gasteiger partial charge in [-0.1, -0.05) is 48.6 Å². The molecule has 2 unspecified atom stereocenters.